The Bertz CT molecular complexity index is 347. The molecule has 1 aliphatic carbocycles. The first kappa shape index (κ1) is 14.8. The minimum Gasteiger partial charge on any atom is -0.480 e. The second-order valence-corrected chi connectivity index (χ2v) is 6.15. The summed E-state index contributed by atoms with van der Waals surface area (Å²) in [6.07, 6.45) is 4.79. The van der Waals surface area contributed by atoms with Crippen LogP contribution in [0, 0.1) is 5.92 Å². The standard InChI is InChI=1S/C12H23BN2O4/c14-12(10(16)17)8-11(4-2-6-15-11)7-9(12)3-1-5-13(18)19/h9,15,18-19H,1-8,14H2,(H,16,17)/t9-,11?,12?/m0/s1. The first-order chi connectivity index (χ1) is 8.88. The van der Waals surface area contributed by atoms with Gasteiger partial charge in [-0.05, 0) is 50.9 Å². The maximum absolute atomic E-state index is 11.5. The van der Waals surface area contributed by atoms with Crippen molar-refractivity contribution in [1.29, 1.82) is 0 Å². The lowest BCUT2D eigenvalue weighted by Gasteiger charge is -2.27. The van der Waals surface area contributed by atoms with Crippen molar-refractivity contribution < 1.29 is 19.9 Å². The van der Waals surface area contributed by atoms with Gasteiger partial charge in [0, 0.05) is 5.54 Å². The average Bonchev–Trinajstić information content (AvgIpc) is 2.86. The molecular weight excluding hydrogens is 247 g/mol. The van der Waals surface area contributed by atoms with E-state index in [2.05, 4.69) is 5.32 Å². The Morgan fingerprint density at radius 2 is 2.21 bits per heavy atom. The third-order valence-electron chi connectivity index (χ3n) is 4.74. The summed E-state index contributed by atoms with van der Waals surface area (Å²) in [7, 11) is -1.32. The van der Waals surface area contributed by atoms with Crippen LogP contribution in [0.4, 0.5) is 0 Å². The molecule has 2 rings (SSSR count). The fraction of sp³-hybridized carbons (Fsp3) is 0.917. The van der Waals surface area contributed by atoms with Crippen molar-refractivity contribution in [2.75, 3.05) is 6.54 Å². The predicted molar refractivity (Wildman–Crippen MR) is 71.5 cm³/mol. The van der Waals surface area contributed by atoms with Crippen LogP contribution in [0.5, 0.6) is 0 Å². The van der Waals surface area contributed by atoms with Gasteiger partial charge in [0.25, 0.3) is 0 Å². The van der Waals surface area contributed by atoms with Crippen LogP contribution in [-0.4, -0.2) is 45.9 Å². The minimum absolute atomic E-state index is 0.102. The number of hydrogen-bond donors (Lipinski definition) is 5. The van der Waals surface area contributed by atoms with Crippen LogP contribution in [0.2, 0.25) is 6.32 Å². The molecule has 7 heteroatoms. The van der Waals surface area contributed by atoms with Crippen LogP contribution >= 0.6 is 0 Å². The van der Waals surface area contributed by atoms with E-state index < -0.39 is 18.6 Å². The van der Waals surface area contributed by atoms with Gasteiger partial charge in [-0.3, -0.25) is 4.79 Å². The van der Waals surface area contributed by atoms with Crippen molar-refractivity contribution in [2.24, 2.45) is 11.7 Å². The van der Waals surface area contributed by atoms with Crippen molar-refractivity contribution in [3.8, 4) is 0 Å². The Labute approximate surface area is 113 Å². The summed E-state index contributed by atoms with van der Waals surface area (Å²) in [6, 6.07) is 0. The molecule has 6 nitrogen and oxygen atoms in total. The molecule has 1 saturated carbocycles. The van der Waals surface area contributed by atoms with Gasteiger partial charge in [0.2, 0.25) is 0 Å². The van der Waals surface area contributed by atoms with E-state index in [1.807, 2.05) is 0 Å². The zero-order chi connectivity index (χ0) is 14.1. The van der Waals surface area contributed by atoms with Crippen LogP contribution in [0.15, 0.2) is 0 Å². The summed E-state index contributed by atoms with van der Waals surface area (Å²) in [6.45, 7) is 0.928. The van der Waals surface area contributed by atoms with Gasteiger partial charge in [0.05, 0.1) is 0 Å². The molecule has 0 amide bonds. The molecule has 1 heterocycles. The Morgan fingerprint density at radius 3 is 2.74 bits per heavy atom. The van der Waals surface area contributed by atoms with E-state index in [4.69, 9.17) is 15.8 Å². The highest BCUT2D eigenvalue weighted by Crippen LogP contribution is 2.47. The van der Waals surface area contributed by atoms with E-state index in [1.165, 1.54) is 0 Å². The molecule has 2 aliphatic rings. The van der Waals surface area contributed by atoms with E-state index >= 15 is 0 Å². The van der Waals surface area contributed by atoms with E-state index in [0.29, 0.717) is 19.3 Å². The van der Waals surface area contributed by atoms with Crippen molar-refractivity contribution in [3.05, 3.63) is 0 Å². The number of carbonyl (C=O) groups is 1. The second kappa shape index (κ2) is 5.40. The molecule has 108 valence electrons. The van der Waals surface area contributed by atoms with E-state index in [1.54, 1.807) is 0 Å². The zero-order valence-electron chi connectivity index (χ0n) is 11.1. The normalized spacial score (nSPS) is 37.9. The monoisotopic (exact) mass is 270 g/mol. The lowest BCUT2D eigenvalue weighted by atomic mass is 9.78. The quantitative estimate of drug-likeness (QED) is 0.432. The van der Waals surface area contributed by atoms with Gasteiger partial charge in [-0.15, -0.1) is 0 Å². The summed E-state index contributed by atoms with van der Waals surface area (Å²) in [5.74, 6) is -1.04. The Morgan fingerprint density at radius 1 is 1.47 bits per heavy atom. The number of carboxylic acids is 1. The molecule has 0 aromatic rings. The molecular formula is C12H23BN2O4. The maximum atomic E-state index is 11.5. The summed E-state index contributed by atoms with van der Waals surface area (Å²) in [5, 5.41) is 30.6. The maximum Gasteiger partial charge on any atom is 0.451 e. The molecule has 19 heavy (non-hydrogen) atoms. The molecule has 0 bridgehead atoms. The van der Waals surface area contributed by atoms with E-state index in [0.717, 1.165) is 25.8 Å². The topological polar surface area (TPSA) is 116 Å². The third kappa shape index (κ3) is 2.94. The molecule has 1 spiro atoms. The minimum atomic E-state index is -1.32. The van der Waals surface area contributed by atoms with Crippen LogP contribution in [0.3, 0.4) is 0 Å². The lowest BCUT2D eigenvalue weighted by Crippen LogP contribution is -2.52. The largest absolute Gasteiger partial charge is 0.480 e. The van der Waals surface area contributed by atoms with E-state index in [9.17, 15) is 9.90 Å². The van der Waals surface area contributed by atoms with Crippen molar-refractivity contribution in [3.63, 3.8) is 0 Å². The third-order valence-corrected chi connectivity index (χ3v) is 4.74. The number of aliphatic carboxylic acids is 1. The summed E-state index contributed by atoms with van der Waals surface area (Å²) in [5.41, 5.74) is 4.85. The molecule has 3 atom stereocenters. The van der Waals surface area contributed by atoms with Gasteiger partial charge < -0.3 is 26.2 Å². The molecule has 1 aliphatic heterocycles. The second-order valence-electron chi connectivity index (χ2n) is 6.15. The van der Waals surface area contributed by atoms with Gasteiger partial charge in [-0.25, -0.2) is 0 Å². The fourth-order valence-corrected chi connectivity index (χ4v) is 3.78. The summed E-state index contributed by atoms with van der Waals surface area (Å²) in [4.78, 5) is 11.5. The first-order valence-corrected chi connectivity index (χ1v) is 7.01. The lowest BCUT2D eigenvalue weighted by molar-refractivity contribution is -0.145. The van der Waals surface area contributed by atoms with Crippen LogP contribution in [0.1, 0.15) is 38.5 Å². The smallest absolute Gasteiger partial charge is 0.451 e. The van der Waals surface area contributed by atoms with Crippen molar-refractivity contribution in [1.82, 2.24) is 5.32 Å². The molecule has 0 aromatic carbocycles. The molecule has 1 saturated heterocycles. The predicted octanol–water partition coefficient (Wildman–Crippen LogP) is -0.446. The number of hydrogen-bond acceptors (Lipinski definition) is 5. The SMILES string of the molecule is NC1(C(=O)O)CC2(CCCN2)C[C@@H]1CCCB(O)O. The summed E-state index contributed by atoms with van der Waals surface area (Å²) >= 11 is 0. The first-order valence-electron chi connectivity index (χ1n) is 7.01. The van der Waals surface area contributed by atoms with Crippen LogP contribution in [0.25, 0.3) is 0 Å². The van der Waals surface area contributed by atoms with Crippen LogP contribution < -0.4 is 11.1 Å². The number of nitrogens with one attached hydrogen (secondary N) is 1. The number of rotatable bonds is 5. The molecule has 0 aromatic heterocycles. The van der Waals surface area contributed by atoms with Gasteiger partial charge in [-0.2, -0.15) is 0 Å². The fourth-order valence-electron chi connectivity index (χ4n) is 3.78. The molecule has 0 radical (unpaired) electrons. The zero-order valence-corrected chi connectivity index (χ0v) is 11.1. The molecule has 6 N–H and O–H groups in total. The van der Waals surface area contributed by atoms with Gasteiger partial charge >= 0.3 is 13.1 Å². The van der Waals surface area contributed by atoms with Crippen LogP contribution in [-0.2, 0) is 4.79 Å². The highest BCUT2D eigenvalue weighted by atomic mass is 16.4. The van der Waals surface area contributed by atoms with E-state index in [-0.39, 0.29) is 17.8 Å². The number of nitrogens with two attached hydrogens (primary N) is 1. The molecule has 2 fully saturated rings. The van der Waals surface area contributed by atoms with Crippen molar-refractivity contribution in [2.45, 2.75) is 55.9 Å². The van der Waals surface area contributed by atoms with Gasteiger partial charge in [-0.1, -0.05) is 6.42 Å². The highest BCUT2D eigenvalue weighted by Gasteiger charge is 2.56. The Balaban J connectivity index is 2.04. The highest BCUT2D eigenvalue weighted by molar-refractivity contribution is 6.40. The number of carboxylic acid groups (broad SMARTS) is 1. The van der Waals surface area contributed by atoms with Gasteiger partial charge in [0.15, 0.2) is 0 Å². The molecule has 2 unspecified atom stereocenters. The van der Waals surface area contributed by atoms with Crippen molar-refractivity contribution >= 4 is 13.1 Å². The van der Waals surface area contributed by atoms with Gasteiger partial charge in [0.1, 0.15) is 5.54 Å². The average molecular weight is 270 g/mol. The Kier molecular flexibility index (Phi) is 4.20. The summed E-state index contributed by atoms with van der Waals surface area (Å²) < 4.78 is 0. The Hall–Kier alpha value is -0.625.